The summed E-state index contributed by atoms with van der Waals surface area (Å²) in [6.07, 6.45) is 17.0. The third kappa shape index (κ3) is 20.9. The number of halogens is 2. The zero-order valence-electron chi connectivity index (χ0n) is 9.81. The van der Waals surface area contributed by atoms with E-state index in [0.29, 0.717) is 0 Å². The molecule has 0 aliphatic heterocycles. The van der Waals surface area contributed by atoms with Gasteiger partial charge in [0, 0.05) is 0 Å². The van der Waals surface area contributed by atoms with Gasteiger partial charge in [-0.1, -0.05) is 24.3 Å². The third-order valence-corrected chi connectivity index (χ3v) is 1.82. The van der Waals surface area contributed by atoms with Gasteiger partial charge in [-0.25, -0.2) is 0 Å². The molecule has 0 atom stereocenters. The van der Waals surface area contributed by atoms with Crippen molar-refractivity contribution in [3.05, 3.63) is 39.2 Å². The van der Waals surface area contributed by atoms with Gasteiger partial charge in [0.25, 0.3) is 0 Å². The summed E-state index contributed by atoms with van der Waals surface area (Å²) in [4.78, 5) is 0. The van der Waals surface area contributed by atoms with Crippen molar-refractivity contribution >= 4 is 17.0 Å². The van der Waals surface area contributed by atoms with E-state index in [1.165, 1.54) is 38.5 Å². The molecular weight excluding hydrogens is 306 g/mol. The second-order valence-electron chi connectivity index (χ2n) is 2.88. The third-order valence-electron chi connectivity index (χ3n) is 1.82. The van der Waals surface area contributed by atoms with Crippen molar-refractivity contribution < 1.29 is 20.8 Å². The summed E-state index contributed by atoms with van der Waals surface area (Å²) < 4.78 is 0. The van der Waals surface area contributed by atoms with E-state index in [9.17, 15) is 0 Å². The Hall–Kier alpha value is 0.943. The van der Waals surface area contributed by atoms with Crippen molar-refractivity contribution in [2.75, 3.05) is 0 Å². The molecule has 0 amide bonds. The fraction of sp³-hybridized carbons (Fsp3) is 0.500. The predicted molar refractivity (Wildman–Crippen MR) is 70.5 cm³/mol. The van der Waals surface area contributed by atoms with Gasteiger partial charge >= 0.3 is 37.9 Å². The fourth-order valence-corrected chi connectivity index (χ4v) is 1.18. The van der Waals surface area contributed by atoms with Crippen LogP contribution in [0.15, 0.2) is 24.3 Å². The molecule has 0 aromatic carbocycles. The van der Waals surface area contributed by atoms with E-state index in [1.807, 2.05) is 0 Å². The van der Waals surface area contributed by atoms with Crippen LogP contribution in [0.5, 0.6) is 0 Å². The summed E-state index contributed by atoms with van der Waals surface area (Å²) in [5, 5.41) is 0. The minimum atomic E-state index is -0.826. The topological polar surface area (TPSA) is 0 Å². The zero-order chi connectivity index (χ0) is 9.78. The molecule has 0 aromatic heterocycles. The Balaban J connectivity index is -0.000000140. The van der Waals surface area contributed by atoms with E-state index >= 15 is 0 Å². The van der Waals surface area contributed by atoms with Gasteiger partial charge in [0.1, 0.15) is 0 Å². The number of hydrogen-bond donors (Lipinski definition) is 0. The molecule has 2 aliphatic rings. The normalized spacial score (nSPS) is 14.5. The van der Waals surface area contributed by atoms with Crippen molar-refractivity contribution in [1.29, 1.82) is 0 Å². The summed E-state index contributed by atoms with van der Waals surface area (Å²) in [7, 11) is 9.87. The molecule has 2 aliphatic carbocycles. The number of allylic oxidation sites excluding steroid dienone is 4. The van der Waals surface area contributed by atoms with Crippen LogP contribution in [0.25, 0.3) is 0 Å². The van der Waals surface area contributed by atoms with Gasteiger partial charge in [0.15, 0.2) is 0 Å². The maximum absolute atomic E-state index is 4.93. The molecule has 0 heterocycles. The van der Waals surface area contributed by atoms with E-state index in [2.05, 4.69) is 24.3 Å². The zero-order valence-corrected chi connectivity index (χ0v) is 13.8. The number of hydrogen-bond acceptors (Lipinski definition) is 0. The molecule has 0 unspecified atom stereocenters. The monoisotopic (exact) mass is 326 g/mol. The molecule has 2 rings (SSSR count). The molecular formula is C12H22Cl2Zr. The first-order valence-electron chi connectivity index (χ1n) is 4.68. The molecule has 0 nitrogen and oxygen atoms in total. The van der Waals surface area contributed by atoms with Gasteiger partial charge in [-0.15, -0.1) is 0 Å². The van der Waals surface area contributed by atoms with Gasteiger partial charge in [-0.3, -0.25) is 0 Å². The fourth-order valence-electron chi connectivity index (χ4n) is 1.18. The van der Waals surface area contributed by atoms with Gasteiger partial charge in [-0.2, -0.15) is 0 Å². The van der Waals surface area contributed by atoms with Crippen LogP contribution in [-0.4, -0.2) is 0 Å². The van der Waals surface area contributed by atoms with Gasteiger partial charge in [0.05, 0.1) is 0 Å². The van der Waals surface area contributed by atoms with Gasteiger partial charge in [0.2, 0.25) is 0 Å². The summed E-state index contributed by atoms with van der Waals surface area (Å²) in [6, 6.07) is 0. The molecule has 0 N–H and O–H groups in total. The van der Waals surface area contributed by atoms with E-state index in [4.69, 9.17) is 17.0 Å². The molecule has 0 bridgehead atoms. The van der Waals surface area contributed by atoms with Crippen molar-refractivity contribution in [2.45, 2.75) is 38.5 Å². The molecule has 0 radical (unpaired) electrons. The summed E-state index contributed by atoms with van der Waals surface area (Å²) in [6.45, 7) is 0. The van der Waals surface area contributed by atoms with Crippen LogP contribution in [-0.2, 0) is 20.8 Å². The van der Waals surface area contributed by atoms with E-state index in [-0.39, 0.29) is 14.9 Å². The molecule has 88 valence electrons. The Morgan fingerprint density at radius 1 is 0.667 bits per heavy atom. The molecule has 0 saturated carbocycles. The van der Waals surface area contributed by atoms with E-state index in [1.54, 1.807) is 0 Å². The Kier molecular flexibility index (Phi) is 28.9. The Labute approximate surface area is 115 Å². The summed E-state index contributed by atoms with van der Waals surface area (Å²) in [5.74, 6) is 0. The predicted octanol–water partition coefficient (Wildman–Crippen LogP) is 5.73. The van der Waals surface area contributed by atoms with Crippen LogP contribution in [0.4, 0.5) is 0 Å². The van der Waals surface area contributed by atoms with Gasteiger partial charge < -0.3 is 14.9 Å². The summed E-state index contributed by atoms with van der Waals surface area (Å²) >= 11 is -0.826. The Bertz CT molecular complexity index is 117. The number of rotatable bonds is 0. The first kappa shape index (κ1) is 21.3. The average Bonchev–Trinajstić information content (AvgIpc) is 2.85. The molecule has 0 spiro atoms. The van der Waals surface area contributed by atoms with Gasteiger partial charge in [-0.05, 0) is 38.5 Å². The molecule has 15 heavy (non-hydrogen) atoms. The summed E-state index contributed by atoms with van der Waals surface area (Å²) in [5.41, 5.74) is 0. The molecule has 0 fully saturated rings. The molecule has 0 saturated heterocycles. The Morgan fingerprint density at radius 2 is 0.867 bits per heavy atom. The van der Waals surface area contributed by atoms with Crippen LogP contribution in [0.1, 0.15) is 38.5 Å². The second-order valence-corrected chi connectivity index (χ2v) is 6.61. The first-order chi connectivity index (χ1) is 6.41. The standard InChI is InChI=1S/2C5H8.2CH3.2ClH.Zr/c2*1-2-4-5-3-1;;;;;/h2*1-2H,3-5H2;2*1H3;2*1H;/q;;2*-1;;;+4/p-2. The maximum atomic E-state index is 4.93. The SMILES string of the molecule is C1=CCCC1.C1=CCCC1.[CH3-].[CH3-].[Cl][Zr+2][Cl]. The van der Waals surface area contributed by atoms with Crippen LogP contribution in [0, 0.1) is 14.9 Å². The van der Waals surface area contributed by atoms with E-state index < -0.39 is 20.8 Å². The van der Waals surface area contributed by atoms with Crippen LogP contribution >= 0.6 is 17.0 Å². The quantitative estimate of drug-likeness (QED) is 0.393. The average molecular weight is 328 g/mol. The van der Waals surface area contributed by atoms with E-state index in [0.717, 1.165) is 0 Å². The molecule has 0 aromatic rings. The van der Waals surface area contributed by atoms with Crippen LogP contribution in [0.3, 0.4) is 0 Å². The van der Waals surface area contributed by atoms with Crippen molar-refractivity contribution in [1.82, 2.24) is 0 Å². The molecule has 3 heteroatoms. The Morgan fingerprint density at radius 3 is 0.933 bits per heavy atom. The first-order valence-corrected chi connectivity index (χ1v) is 11.0. The van der Waals surface area contributed by atoms with Crippen molar-refractivity contribution in [3.63, 3.8) is 0 Å². The second kappa shape index (κ2) is 20.4. The van der Waals surface area contributed by atoms with Crippen LogP contribution in [0.2, 0.25) is 0 Å². The van der Waals surface area contributed by atoms with Crippen molar-refractivity contribution in [2.24, 2.45) is 0 Å². The minimum absolute atomic E-state index is 0. The van der Waals surface area contributed by atoms with Crippen LogP contribution < -0.4 is 0 Å². The van der Waals surface area contributed by atoms with Crippen molar-refractivity contribution in [3.8, 4) is 0 Å².